The molecule has 8 heteroatoms. The number of hydrogen-bond acceptors (Lipinski definition) is 6. The Labute approximate surface area is 209 Å². The van der Waals surface area contributed by atoms with Crippen LogP contribution in [0.3, 0.4) is 0 Å². The van der Waals surface area contributed by atoms with E-state index < -0.39 is 11.9 Å². The van der Waals surface area contributed by atoms with Crippen molar-refractivity contribution >= 4 is 34.7 Å². The highest BCUT2D eigenvalue weighted by Gasteiger charge is 2.22. The summed E-state index contributed by atoms with van der Waals surface area (Å²) in [5.41, 5.74) is 3.81. The Hall–Kier alpha value is -4.46. The lowest BCUT2D eigenvalue weighted by Gasteiger charge is -2.12. The molecule has 0 saturated carbocycles. The van der Waals surface area contributed by atoms with Crippen LogP contribution in [0.1, 0.15) is 40.9 Å². The summed E-state index contributed by atoms with van der Waals surface area (Å²) in [5, 5.41) is 8.18. The molecule has 2 heterocycles. The average molecular weight is 485 g/mol. The van der Waals surface area contributed by atoms with E-state index in [1.165, 1.54) is 17.0 Å². The van der Waals surface area contributed by atoms with E-state index in [4.69, 9.17) is 14.5 Å². The first kappa shape index (κ1) is 24.7. The molecule has 4 rings (SSSR count). The third-order valence-electron chi connectivity index (χ3n) is 5.58. The van der Waals surface area contributed by atoms with Crippen LogP contribution in [-0.2, 0) is 9.53 Å². The highest BCUT2D eigenvalue weighted by atomic mass is 16.5. The summed E-state index contributed by atoms with van der Waals surface area (Å²) in [6.07, 6.45) is 4.45. The number of aromatic nitrogens is 3. The van der Waals surface area contributed by atoms with Gasteiger partial charge in [0.15, 0.2) is 11.6 Å². The van der Waals surface area contributed by atoms with Gasteiger partial charge in [0.1, 0.15) is 11.3 Å². The zero-order chi connectivity index (χ0) is 25.7. The first-order chi connectivity index (χ1) is 17.4. The van der Waals surface area contributed by atoms with Crippen molar-refractivity contribution in [2.24, 2.45) is 0 Å². The molecule has 36 heavy (non-hydrogen) atoms. The predicted octanol–water partition coefficient (Wildman–Crippen LogP) is 5.26. The molecule has 0 atom stereocenters. The first-order valence-electron chi connectivity index (χ1n) is 11.8. The fourth-order valence-corrected chi connectivity index (χ4v) is 3.83. The number of aryl methyl sites for hydroxylation is 2. The molecule has 2 aromatic heterocycles. The first-order valence-corrected chi connectivity index (χ1v) is 11.8. The smallest absolute Gasteiger partial charge is 0.343 e. The van der Waals surface area contributed by atoms with Crippen LogP contribution < -0.4 is 10.1 Å². The van der Waals surface area contributed by atoms with Gasteiger partial charge in [-0.1, -0.05) is 30.3 Å². The Balaban J connectivity index is 1.68. The second-order valence-electron chi connectivity index (χ2n) is 8.13. The standard InChI is InChI=1S/C28H28N4O4/c1-5-35-21-13-10-20(11-14-21)12-15-25(33)31-27-23(28(34)36-6-2)17-29-32(27)24-16-19(4)22-9-7-8-18(3)26(22)30-24/h7-17H,5-6H2,1-4H3,(H,31,33)/b15-12+. The van der Waals surface area contributed by atoms with Crippen molar-refractivity contribution in [1.82, 2.24) is 14.8 Å². The maximum absolute atomic E-state index is 12.9. The van der Waals surface area contributed by atoms with Crippen molar-refractivity contribution in [2.45, 2.75) is 27.7 Å². The van der Waals surface area contributed by atoms with Gasteiger partial charge in [0, 0.05) is 11.5 Å². The zero-order valence-corrected chi connectivity index (χ0v) is 20.7. The van der Waals surface area contributed by atoms with Crippen LogP contribution in [0.2, 0.25) is 0 Å². The Morgan fingerprint density at radius 1 is 1.03 bits per heavy atom. The Morgan fingerprint density at radius 2 is 1.81 bits per heavy atom. The minimum atomic E-state index is -0.580. The fraction of sp³-hybridized carbons (Fsp3) is 0.214. The second-order valence-corrected chi connectivity index (χ2v) is 8.13. The highest BCUT2D eigenvalue weighted by molar-refractivity contribution is 6.05. The maximum Gasteiger partial charge on any atom is 0.343 e. The van der Waals surface area contributed by atoms with Crippen LogP contribution >= 0.6 is 0 Å². The number of pyridine rings is 1. The Kier molecular flexibility index (Phi) is 7.44. The molecule has 0 aliphatic heterocycles. The van der Waals surface area contributed by atoms with Crippen molar-refractivity contribution < 1.29 is 19.1 Å². The lowest BCUT2D eigenvalue weighted by molar-refractivity contribution is -0.111. The number of benzene rings is 2. The van der Waals surface area contributed by atoms with Gasteiger partial charge < -0.3 is 14.8 Å². The number of nitrogens with zero attached hydrogens (tertiary/aromatic N) is 3. The number of carbonyl (C=O) groups is 2. The summed E-state index contributed by atoms with van der Waals surface area (Å²) >= 11 is 0. The molecule has 0 bridgehead atoms. The minimum Gasteiger partial charge on any atom is -0.494 e. The van der Waals surface area contributed by atoms with Crippen molar-refractivity contribution in [2.75, 3.05) is 18.5 Å². The summed E-state index contributed by atoms with van der Waals surface area (Å²) in [6, 6.07) is 15.2. The molecule has 4 aromatic rings. The van der Waals surface area contributed by atoms with E-state index in [9.17, 15) is 9.59 Å². The normalized spacial score (nSPS) is 11.1. The maximum atomic E-state index is 12.9. The molecule has 8 nitrogen and oxygen atoms in total. The van der Waals surface area contributed by atoms with Gasteiger partial charge in [-0.25, -0.2) is 9.78 Å². The number of anilines is 1. The molecule has 0 unspecified atom stereocenters. The number of fused-ring (bicyclic) bond motifs is 1. The molecule has 0 radical (unpaired) electrons. The number of carbonyl (C=O) groups excluding carboxylic acids is 2. The molecule has 2 aromatic carbocycles. The van der Waals surface area contributed by atoms with E-state index >= 15 is 0 Å². The predicted molar refractivity (Wildman–Crippen MR) is 140 cm³/mol. The van der Waals surface area contributed by atoms with Crippen LogP contribution in [0.25, 0.3) is 22.8 Å². The van der Waals surface area contributed by atoms with E-state index in [1.807, 2.05) is 69.3 Å². The van der Waals surface area contributed by atoms with Gasteiger partial charge in [-0.2, -0.15) is 9.78 Å². The van der Waals surface area contributed by atoms with E-state index in [0.717, 1.165) is 33.3 Å². The quantitative estimate of drug-likeness (QED) is 0.271. The molecule has 0 aliphatic rings. The summed E-state index contributed by atoms with van der Waals surface area (Å²) in [4.78, 5) is 30.3. The third kappa shape index (κ3) is 5.27. The van der Waals surface area contributed by atoms with Crippen LogP contribution in [0.15, 0.2) is 60.8 Å². The number of hydrogen-bond donors (Lipinski definition) is 1. The zero-order valence-electron chi connectivity index (χ0n) is 20.7. The molecule has 1 N–H and O–H groups in total. The van der Waals surface area contributed by atoms with Gasteiger partial charge in [-0.15, -0.1) is 0 Å². The SMILES string of the molecule is CCOC(=O)c1cnn(-c2cc(C)c3cccc(C)c3n2)c1NC(=O)/C=C/c1ccc(OCC)cc1. The summed E-state index contributed by atoms with van der Waals surface area (Å²) < 4.78 is 12.1. The number of esters is 1. The summed E-state index contributed by atoms with van der Waals surface area (Å²) in [5.74, 6) is 0.425. The van der Waals surface area contributed by atoms with E-state index in [1.54, 1.807) is 13.0 Å². The molecule has 0 spiro atoms. The summed E-state index contributed by atoms with van der Waals surface area (Å²) in [6.45, 7) is 8.39. The second kappa shape index (κ2) is 10.9. The minimum absolute atomic E-state index is 0.143. The monoisotopic (exact) mass is 484 g/mol. The van der Waals surface area contributed by atoms with E-state index in [-0.39, 0.29) is 18.0 Å². The number of ether oxygens (including phenoxy) is 2. The molecule has 1 amide bonds. The van der Waals surface area contributed by atoms with Gasteiger partial charge in [0.05, 0.1) is 24.9 Å². The third-order valence-corrected chi connectivity index (χ3v) is 5.58. The van der Waals surface area contributed by atoms with Gasteiger partial charge in [-0.05, 0) is 68.7 Å². The topological polar surface area (TPSA) is 95.3 Å². The number of amides is 1. The number of rotatable bonds is 8. The fourth-order valence-electron chi connectivity index (χ4n) is 3.83. The van der Waals surface area contributed by atoms with Gasteiger partial charge in [0.25, 0.3) is 0 Å². The molecule has 0 saturated heterocycles. The van der Waals surface area contributed by atoms with Gasteiger partial charge in [0.2, 0.25) is 5.91 Å². The van der Waals surface area contributed by atoms with Crippen LogP contribution in [0.4, 0.5) is 5.82 Å². The molecule has 0 aliphatic carbocycles. The van der Waals surface area contributed by atoms with Crippen molar-refractivity contribution in [3.8, 4) is 11.6 Å². The van der Waals surface area contributed by atoms with Crippen LogP contribution in [0, 0.1) is 13.8 Å². The van der Waals surface area contributed by atoms with Crippen LogP contribution in [0.5, 0.6) is 5.75 Å². The van der Waals surface area contributed by atoms with Crippen LogP contribution in [-0.4, -0.2) is 39.9 Å². The van der Waals surface area contributed by atoms with Gasteiger partial charge >= 0.3 is 5.97 Å². The average Bonchev–Trinajstić information content (AvgIpc) is 3.28. The molecule has 184 valence electrons. The molecule has 0 fully saturated rings. The number of para-hydroxylation sites is 1. The molecular weight excluding hydrogens is 456 g/mol. The summed E-state index contributed by atoms with van der Waals surface area (Å²) in [7, 11) is 0. The van der Waals surface area contributed by atoms with E-state index in [2.05, 4.69) is 10.4 Å². The number of nitrogens with one attached hydrogen (secondary N) is 1. The lowest BCUT2D eigenvalue weighted by Crippen LogP contribution is -2.16. The van der Waals surface area contributed by atoms with Crippen molar-refractivity contribution in [3.05, 3.63) is 83.1 Å². The Morgan fingerprint density at radius 3 is 2.53 bits per heavy atom. The Bertz CT molecular complexity index is 1440. The largest absolute Gasteiger partial charge is 0.494 e. The molecular formula is C28H28N4O4. The van der Waals surface area contributed by atoms with E-state index in [0.29, 0.717) is 12.4 Å². The van der Waals surface area contributed by atoms with Crippen molar-refractivity contribution in [1.29, 1.82) is 0 Å². The highest BCUT2D eigenvalue weighted by Crippen LogP contribution is 2.26. The van der Waals surface area contributed by atoms with Crippen molar-refractivity contribution in [3.63, 3.8) is 0 Å². The van der Waals surface area contributed by atoms with Gasteiger partial charge in [-0.3, -0.25) is 4.79 Å². The lowest BCUT2D eigenvalue weighted by atomic mass is 10.1.